The number of hydrogen-bond acceptors (Lipinski definition) is 10. The first kappa shape index (κ1) is 31.0. The molecule has 1 amide bonds. The van der Waals surface area contributed by atoms with Gasteiger partial charge in [-0.25, -0.2) is 0 Å². The van der Waals surface area contributed by atoms with E-state index in [0.29, 0.717) is 24.2 Å². The number of anilines is 1. The Morgan fingerprint density at radius 3 is 2.34 bits per heavy atom. The van der Waals surface area contributed by atoms with Crippen molar-refractivity contribution in [1.29, 1.82) is 0 Å². The van der Waals surface area contributed by atoms with Crippen molar-refractivity contribution in [3.63, 3.8) is 0 Å². The van der Waals surface area contributed by atoms with Gasteiger partial charge in [-0.3, -0.25) is 14.4 Å². The van der Waals surface area contributed by atoms with Crippen LogP contribution >= 0.6 is 0 Å². The number of aliphatic hydroxyl groups excluding tert-OH is 2. The number of Topliss-reactive ketones (excluding diaryl/α,β-unsaturated/α-hetero) is 2. The fourth-order valence-corrected chi connectivity index (χ4v) is 6.93. The van der Waals surface area contributed by atoms with E-state index in [-0.39, 0.29) is 35.1 Å². The van der Waals surface area contributed by atoms with Gasteiger partial charge in [-0.1, -0.05) is 20.8 Å². The highest BCUT2D eigenvalue weighted by Crippen LogP contribution is 2.53. The van der Waals surface area contributed by atoms with Gasteiger partial charge in [0.15, 0.2) is 17.2 Å². The molecule has 11 nitrogen and oxygen atoms in total. The number of rotatable bonds is 7. The molecule has 4 rings (SSSR count). The van der Waals surface area contributed by atoms with Crippen molar-refractivity contribution in [2.45, 2.75) is 64.3 Å². The Balaban J connectivity index is 1.84. The second-order valence-electron chi connectivity index (χ2n) is 13.4. The standard InChI is InChI=1S/C30H44N4O7/c1-29(2,3)8-9-32-13-15-12-18(33(4)5)16-10-14-11-17-22(34(6)7)25(37)21(28(31)40)27(39)30(17,41)26(38)19(14)24(36)20(16)23(15)35/h12,14,17,21-22,25,32,35,37-38,41H,8-11,13H2,1-7H3,(H2,31,40)/t14-,17-,21?,22-,25?,30-/m0/s1. The van der Waals surface area contributed by atoms with Crippen LogP contribution in [0.3, 0.4) is 0 Å². The number of benzene rings is 1. The molecule has 0 heterocycles. The SMILES string of the molecule is CN(C)c1cc(CNCCC(C)(C)C)c(O)c2c1C[C@H]1C[C@H]3[C@H](N(C)C)C(O)C(C(N)=O)C(=O)[C@@]3(O)C(O)=C1C2=O. The number of amides is 1. The molecule has 3 aliphatic carbocycles. The summed E-state index contributed by atoms with van der Waals surface area (Å²) in [7, 11) is 6.97. The van der Waals surface area contributed by atoms with E-state index >= 15 is 0 Å². The summed E-state index contributed by atoms with van der Waals surface area (Å²) in [6.07, 6.45) is -0.253. The largest absolute Gasteiger partial charge is 0.508 e. The number of fused-ring (bicyclic) bond motifs is 3. The zero-order valence-corrected chi connectivity index (χ0v) is 25.0. The number of aromatic hydroxyl groups is 1. The van der Waals surface area contributed by atoms with Crippen LogP contribution in [0.4, 0.5) is 5.69 Å². The summed E-state index contributed by atoms with van der Waals surface area (Å²) >= 11 is 0. The van der Waals surface area contributed by atoms with Gasteiger partial charge in [-0.05, 0) is 62.9 Å². The highest BCUT2D eigenvalue weighted by Gasteiger charge is 2.66. The summed E-state index contributed by atoms with van der Waals surface area (Å²) < 4.78 is 0. The predicted octanol–water partition coefficient (Wildman–Crippen LogP) is 0.877. The molecule has 11 heteroatoms. The van der Waals surface area contributed by atoms with Crippen LogP contribution in [0, 0.1) is 23.2 Å². The topological polar surface area (TPSA) is 177 Å². The number of phenols is 1. The summed E-state index contributed by atoms with van der Waals surface area (Å²) in [5.41, 5.74) is 4.73. The summed E-state index contributed by atoms with van der Waals surface area (Å²) in [6.45, 7) is 7.42. The average molecular weight is 573 g/mol. The molecule has 0 radical (unpaired) electrons. The number of ketones is 2. The van der Waals surface area contributed by atoms with Crippen LogP contribution < -0.4 is 16.0 Å². The number of carbonyl (C=O) groups excluding carboxylic acids is 3. The number of nitrogens with one attached hydrogen (secondary N) is 1. The number of aliphatic hydroxyl groups is 3. The lowest BCUT2D eigenvalue weighted by Gasteiger charge is -2.53. The highest BCUT2D eigenvalue weighted by molar-refractivity contribution is 6.16. The average Bonchev–Trinajstić information content (AvgIpc) is 2.83. The van der Waals surface area contributed by atoms with E-state index < -0.39 is 58.7 Å². The van der Waals surface area contributed by atoms with Crippen molar-refractivity contribution in [1.82, 2.24) is 10.2 Å². The van der Waals surface area contributed by atoms with Crippen LogP contribution in [-0.2, 0) is 22.6 Å². The van der Waals surface area contributed by atoms with Crippen molar-refractivity contribution in [2.24, 2.45) is 28.9 Å². The van der Waals surface area contributed by atoms with E-state index in [2.05, 4.69) is 26.1 Å². The van der Waals surface area contributed by atoms with Crippen molar-refractivity contribution < 1.29 is 34.8 Å². The fourth-order valence-electron chi connectivity index (χ4n) is 6.93. The number of hydrogen-bond donors (Lipinski definition) is 6. The molecule has 0 aliphatic heterocycles. The maximum absolute atomic E-state index is 14.1. The molecular formula is C30H44N4O7. The van der Waals surface area contributed by atoms with E-state index in [9.17, 15) is 34.8 Å². The Bertz CT molecular complexity index is 1300. The van der Waals surface area contributed by atoms with Gasteiger partial charge < -0.3 is 41.3 Å². The molecule has 226 valence electrons. The van der Waals surface area contributed by atoms with Crippen LogP contribution in [-0.4, -0.2) is 95.3 Å². The third-order valence-corrected chi connectivity index (χ3v) is 9.00. The van der Waals surface area contributed by atoms with Crippen molar-refractivity contribution >= 4 is 23.2 Å². The molecule has 1 aromatic rings. The highest BCUT2D eigenvalue weighted by atomic mass is 16.3. The van der Waals surface area contributed by atoms with E-state index in [1.165, 1.54) is 0 Å². The molecule has 1 aromatic carbocycles. The molecule has 41 heavy (non-hydrogen) atoms. The van der Waals surface area contributed by atoms with Crippen molar-refractivity contribution in [3.05, 3.63) is 34.1 Å². The van der Waals surface area contributed by atoms with Crippen molar-refractivity contribution in [2.75, 3.05) is 39.6 Å². The number of primary amides is 1. The third-order valence-electron chi connectivity index (χ3n) is 9.00. The van der Waals surface area contributed by atoms with Gasteiger partial charge in [-0.15, -0.1) is 0 Å². The van der Waals surface area contributed by atoms with E-state index in [1.54, 1.807) is 19.0 Å². The number of carbonyl (C=O) groups is 3. The number of allylic oxidation sites excluding steroid dienone is 1. The van der Waals surface area contributed by atoms with Crippen LogP contribution in [0.15, 0.2) is 17.4 Å². The molecule has 0 saturated heterocycles. The number of nitrogens with two attached hydrogens (primary N) is 1. The monoisotopic (exact) mass is 572 g/mol. The van der Waals surface area contributed by atoms with E-state index in [1.807, 2.05) is 25.1 Å². The summed E-state index contributed by atoms with van der Waals surface area (Å²) in [4.78, 5) is 43.3. The molecule has 6 atom stereocenters. The molecule has 2 unspecified atom stereocenters. The number of likely N-dealkylation sites (N-methyl/N-ethyl adjacent to an activating group) is 1. The molecule has 1 saturated carbocycles. The van der Waals surface area contributed by atoms with E-state index in [4.69, 9.17) is 5.73 Å². The second-order valence-corrected chi connectivity index (χ2v) is 13.4. The summed E-state index contributed by atoms with van der Waals surface area (Å²) in [5, 5.41) is 49.1. The lowest BCUT2D eigenvalue weighted by molar-refractivity contribution is -0.178. The van der Waals surface area contributed by atoms with Crippen LogP contribution in [0.25, 0.3) is 0 Å². The first-order valence-corrected chi connectivity index (χ1v) is 14.1. The van der Waals surface area contributed by atoms with Gasteiger partial charge in [0.1, 0.15) is 17.4 Å². The zero-order valence-electron chi connectivity index (χ0n) is 25.0. The molecule has 7 N–H and O–H groups in total. The quantitative estimate of drug-likeness (QED) is 0.203. The Morgan fingerprint density at radius 2 is 1.80 bits per heavy atom. The smallest absolute Gasteiger partial charge is 0.230 e. The predicted molar refractivity (Wildman–Crippen MR) is 154 cm³/mol. The lowest BCUT2D eigenvalue weighted by atomic mass is 9.56. The lowest BCUT2D eigenvalue weighted by Crippen LogP contribution is -2.71. The van der Waals surface area contributed by atoms with Gasteiger partial charge >= 0.3 is 0 Å². The molecular weight excluding hydrogens is 528 g/mol. The van der Waals surface area contributed by atoms with Gasteiger partial charge in [-0.2, -0.15) is 0 Å². The third kappa shape index (κ3) is 5.03. The first-order valence-electron chi connectivity index (χ1n) is 14.1. The van der Waals surface area contributed by atoms with Gasteiger partial charge in [0.25, 0.3) is 0 Å². The Hall–Kier alpha value is -2.99. The molecule has 1 fully saturated rings. The number of phenolic OH excluding ortho intramolecular Hbond substituents is 1. The maximum Gasteiger partial charge on any atom is 0.230 e. The zero-order chi connectivity index (χ0) is 30.8. The van der Waals surface area contributed by atoms with Crippen LogP contribution in [0.1, 0.15) is 55.1 Å². The minimum absolute atomic E-state index is 0.0302. The van der Waals surface area contributed by atoms with Crippen LogP contribution in [0.2, 0.25) is 0 Å². The second kappa shape index (κ2) is 10.7. The Labute approximate surface area is 241 Å². The molecule has 0 bridgehead atoms. The fraction of sp³-hybridized carbons (Fsp3) is 0.633. The van der Waals surface area contributed by atoms with Gasteiger partial charge in [0.2, 0.25) is 5.91 Å². The van der Waals surface area contributed by atoms with Gasteiger partial charge in [0.05, 0.1) is 11.7 Å². The Kier molecular flexibility index (Phi) is 8.07. The van der Waals surface area contributed by atoms with Crippen LogP contribution in [0.5, 0.6) is 5.75 Å². The Morgan fingerprint density at radius 1 is 1.17 bits per heavy atom. The summed E-state index contributed by atoms with van der Waals surface area (Å²) in [6, 6.07) is 0.950. The van der Waals surface area contributed by atoms with Gasteiger partial charge in [0, 0.05) is 49.4 Å². The van der Waals surface area contributed by atoms with E-state index in [0.717, 1.165) is 12.1 Å². The molecule has 3 aliphatic rings. The first-order chi connectivity index (χ1) is 18.9. The number of nitrogens with zero attached hydrogens (tertiary/aromatic N) is 2. The van der Waals surface area contributed by atoms with Crippen molar-refractivity contribution in [3.8, 4) is 5.75 Å². The normalized spacial score (nSPS) is 29.8. The minimum Gasteiger partial charge on any atom is -0.508 e. The maximum atomic E-state index is 14.1. The summed E-state index contributed by atoms with van der Waals surface area (Å²) in [5.74, 6) is -7.34. The molecule has 0 aromatic heterocycles. The minimum atomic E-state index is -2.60. The molecule has 0 spiro atoms.